The normalized spacial score (nSPS) is 16.4. The first-order chi connectivity index (χ1) is 9.79. The standard InChI is InChI=1S/C14H16BrN5/c15-13-3-1-2-12-11(10-16)18-14(20(12)13)4-7-19-8-5-17-6-9-19/h1-3,17H,4-9H2. The Morgan fingerprint density at radius 2 is 2.15 bits per heavy atom. The lowest BCUT2D eigenvalue weighted by atomic mass is 10.3. The number of nitrogens with one attached hydrogen (secondary N) is 1. The van der Waals surface area contributed by atoms with Crippen LogP contribution in [0.1, 0.15) is 11.5 Å². The summed E-state index contributed by atoms with van der Waals surface area (Å²) in [4.78, 5) is 6.91. The Hall–Kier alpha value is -1.42. The SMILES string of the molecule is N#Cc1nc(CCN2CCNCC2)n2c(Br)cccc12. The van der Waals surface area contributed by atoms with Gasteiger partial charge in [0.15, 0.2) is 5.69 Å². The number of hydrogen-bond acceptors (Lipinski definition) is 4. The summed E-state index contributed by atoms with van der Waals surface area (Å²) in [5.41, 5.74) is 1.37. The summed E-state index contributed by atoms with van der Waals surface area (Å²) in [6.07, 6.45) is 0.853. The molecule has 0 saturated carbocycles. The first-order valence-electron chi connectivity index (χ1n) is 6.78. The number of fused-ring (bicyclic) bond motifs is 1. The van der Waals surface area contributed by atoms with Crippen LogP contribution in [0.5, 0.6) is 0 Å². The van der Waals surface area contributed by atoms with E-state index in [-0.39, 0.29) is 0 Å². The maximum absolute atomic E-state index is 9.20. The number of halogens is 1. The van der Waals surface area contributed by atoms with Crippen molar-refractivity contribution >= 4 is 21.4 Å². The molecule has 3 heterocycles. The van der Waals surface area contributed by atoms with E-state index in [4.69, 9.17) is 0 Å². The molecule has 1 aliphatic heterocycles. The topological polar surface area (TPSA) is 56.4 Å². The summed E-state index contributed by atoms with van der Waals surface area (Å²) in [7, 11) is 0. The number of imidazole rings is 1. The molecule has 0 radical (unpaired) electrons. The monoisotopic (exact) mass is 333 g/mol. The van der Waals surface area contributed by atoms with Crippen LogP contribution in [0.15, 0.2) is 22.8 Å². The third-order valence-corrected chi connectivity index (χ3v) is 4.27. The van der Waals surface area contributed by atoms with Crippen LogP contribution in [0.3, 0.4) is 0 Å². The highest BCUT2D eigenvalue weighted by molar-refractivity contribution is 9.10. The van der Waals surface area contributed by atoms with E-state index in [2.05, 4.69) is 37.2 Å². The molecule has 3 rings (SSSR count). The Bertz CT molecular complexity index is 651. The minimum Gasteiger partial charge on any atom is -0.314 e. The van der Waals surface area contributed by atoms with Gasteiger partial charge in [-0.1, -0.05) is 6.07 Å². The fourth-order valence-corrected chi connectivity index (χ4v) is 3.16. The van der Waals surface area contributed by atoms with Crippen LogP contribution in [-0.2, 0) is 6.42 Å². The molecular weight excluding hydrogens is 318 g/mol. The molecular formula is C14H16BrN5. The molecule has 0 spiro atoms. The summed E-state index contributed by atoms with van der Waals surface area (Å²) in [5.74, 6) is 0.947. The molecule has 2 aromatic rings. The number of aromatic nitrogens is 2. The highest BCUT2D eigenvalue weighted by atomic mass is 79.9. The van der Waals surface area contributed by atoms with Crippen molar-refractivity contribution in [2.75, 3.05) is 32.7 Å². The molecule has 1 fully saturated rings. The summed E-state index contributed by atoms with van der Waals surface area (Å²) in [6, 6.07) is 8.02. The Morgan fingerprint density at radius 1 is 1.35 bits per heavy atom. The first-order valence-corrected chi connectivity index (χ1v) is 7.58. The van der Waals surface area contributed by atoms with Gasteiger partial charge in [-0.25, -0.2) is 4.98 Å². The molecule has 20 heavy (non-hydrogen) atoms. The van der Waals surface area contributed by atoms with Crippen LogP contribution in [0.25, 0.3) is 5.52 Å². The zero-order valence-electron chi connectivity index (χ0n) is 11.1. The highest BCUT2D eigenvalue weighted by Crippen LogP contribution is 2.20. The molecule has 1 aliphatic rings. The van der Waals surface area contributed by atoms with Crippen molar-refractivity contribution in [2.45, 2.75) is 6.42 Å². The average molecular weight is 334 g/mol. The fourth-order valence-electron chi connectivity index (χ4n) is 2.61. The first kappa shape index (κ1) is 13.6. The van der Waals surface area contributed by atoms with Gasteiger partial charge in [-0.3, -0.25) is 4.40 Å². The van der Waals surface area contributed by atoms with E-state index in [9.17, 15) is 5.26 Å². The van der Waals surface area contributed by atoms with E-state index in [1.165, 1.54) is 0 Å². The number of piperazine rings is 1. The molecule has 0 unspecified atom stereocenters. The second-order valence-electron chi connectivity index (χ2n) is 4.90. The number of pyridine rings is 1. The van der Waals surface area contributed by atoms with Gasteiger partial charge in [-0.2, -0.15) is 5.26 Å². The molecule has 104 valence electrons. The number of hydrogen-bond donors (Lipinski definition) is 1. The Morgan fingerprint density at radius 3 is 2.90 bits per heavy atom. The van der Waals surface area contributed by atoms with Crippen LogP contribution < -0.4 is 5.32 Å². The molecule has 5 nitrogen and oxygen atoms in total. The molecule has 0 atom stereocenters. The summed E-state index contributed by atoms with van der Waals surface area (Å²) >= 11 is 3.55. The second-order valence-corrected chi connectivity index (χ2v) is 5.71. The Balaban J connectivity index is 1.85. The molecule has 1 N–H and O–H groups in total. The molecule has 0 aliphatic carbocycles. The van der Waals surface area contributed by atoms with E-state index in [1.54, 1.807) is 0 Å². The van der Waals surface area contributed by atoms with Crippen molar-refractivity contribution in [2.24, 2.45) is 0 Å². The molecule has 0 amide bonds. The molecule has 0 aromatic carbocycles. The van der Waals surface area contributed by atoms with Crippen LogP contribution in [0.2, 0.25) is 0 Å². The van der Waals surface area contributed by atoms with Crippen molar-refractivity contribution in [3.63, 3.8) is 0 Å². The van der Waals surface area contributed by atoms with E-state index >= 15 is 0 Å². The average Bonchev–Trinajstić information content (AvgIpc) is 2.86. The Kier molecular flexibility index (Phi) is 4.01. The minimum atomic E-state index is 0.501. The van der Waals surface area contributed by atoms with Gasteiger partial charge in [-0.05, 0) is 28.1 Å². The molecule has 2 aromatic heterocycles. The smallest absolute Gasteiger partial charge is 0.166 e. The predicted octanol–water partition coefficient (Wildman–Crippen LogP) is 1.42. The lowest BCUT2D eigenvalue weighted by Crippen LogP contribution is -2.44. The maximum atomic E-state index is 9.20. The van der Waals surface area contributed by atoms with Crippen molar-refractivity contribution < 1.29 is 0 Å². The van der Waals surface area contributed by atoms with Crippen LogP contribution in [0, 0.1) is 11.3 Å². The van der Waals surface area contributed by atoms with E-state index < -0.39 is 0 Å². The van der Waals surface area contributed by atoms with Crippen molar-refractivity contribution in [3.8, 4) is 6.07 Å². The van der Waals surface area contributed by atoms with Crippen molar-refractivity contribution in [1.82, 2.24) is 19.6 Å². The third-order valence-electron chi connectivity index (χ3n) is 3.65. The van der Waals surface area contributed by atoms with Gasteiger partial charge in [0.2, 0.25) is 0 Å². The van der Waals surface area contributed by atoms with Gasteiger partial charge in [-0.15, -0.1) is 0 Å². The van der Waals surface area contributed by atoms with E-state index in [1.807, 2.05) is 22.6 Å². The lowest BCUT2D eigenvalue weighted by molar-refractivity contribution is 0.242. The zero-order valence-corrected chi connectivity index (χ0v) is 12.7. The van der Waals surface area contributed by atoms with E-state index in [0.29, 0.717) is 5.69 Å². The van der Waals surface area contributed by atoms with Gasteiger partial charge in [0, 0.05) is 39.1 Å². The maximum Gasteiger partial charge on any atom is 0.166 e. The van der Waals surface area contributed by atoms with Gasteiger partial charge in [0.05, 0.1) is 10.1 Å². The van der Waals surface area contributed by atoms with E-state index in [0.717, 1.165) is 55.1 Å². The quantitative estimate of drug-likeness (QED) is 0.863. The number of nitriles is 1. The summed E-state index contributed by atoms with van der Waals surface area (Å²) in [5, 5.41) is 12.5. The van der Waals surface area contributed by atoms with Crippen LogP contribution >= 0.6 is 15.9 Å². The van der Waals surface area contributed by atoms with Crippen molar-refractivity contribution in [3.05, 3.63) is 34.3 Å². The van der Waals surface area contributed by atoms with Gasteiger partial charge < -0.3 is 10.2 Å². The third kappa shape index (κ3) is 2.57. The molecule has 0 bridgehead atoms. The number of rotatable bonds is 3. The molecule has 6 heteroatoms. The minimum absolute atomic E-state index is 0.501. The van der Waals surface area contributed by atoms with Crippen LogP contribution in [0.4, 0.5) is 0 Å². The summed E-state index contributed by atoms with van der Waals surface area (Å²) in [6.45, 7) is 5.24. The van der Waals surface area contributed by atoms with Crippen molar-refractivity contribution in [1.29, 1.82) is 5.26 Å². The van der Waals surface area contributed by atoms with Gasteiger partial charge in [0.1, 0.15) is 11.9 Å². The Labute approximate surface area is 126 Å². The number of nitrogens with zero attached hydrogens (tertiary/aromatic N) is 4. The lowest BCUT2D eigenvalue weighted by Gasteiger charge is -2.26. The van der Waals surface area contributed by atoms with Gasteiger partial charge in [0.25, 0.3) is 0 Å². The van der Waals surface area contributed by atoms with Crippen LogP contribution in [-0.4, -0.2) is 47.0 Å². The summed E-state index contributed by atoms with van der Waals surface area (Å²) < 4.78 is 2.97. The fraction of sp³-hybridized carbons (Fsp3) is 0.429. The second kappa shape index (κ2) is 5.92. The largest absolute Gasteiger partial charge is 0.314 e. The van der Waals surface area contributed by atoms with Gasteiger partial charge >= 0.3 is 0 Å². The highest BCUT2D eigenvalue weighted by Gasteiger charge is 2.15. The molecule has 1 saturated heterocycles. The zero-order chi connectivity index (χ0) is 13.9. The predicted molar refractivity (Wildman–Crippen MR) is 80.6 cm³/mol.